The van der Waals surface area contributed by atoms with Crippen molar-refractivity contribution in [3.05, 3.63) is 93.1 Å². The van der Waals surface area contributed by atoms with E-state index in [1.54, 1.807) is 68.4 Å². The highest BCUT2D eigenvalue weighted by Gasteiger charge is 2.32. The number of ether oxygens (including phenoxy) is 5. The molecule has 4 N–H and O–H groups in total. The smallest absolute Gasteiger partial charge is 0.337 e. The average molecular weight is 664 g/mol. The molecule has 13 nitrogen and oxygen atoms in total. The molecule has 0 aliphatic carbocycles. The fourth-order valence-corrected chi connectivity index (χ4v) is 4.88. The van der Waals surface area contributed by atoms with Gasteiger partial charge < -0.3 is 39.4 Å². The number of hydrogen-bond acceptors (Lipinski definition) is 11. The minimum atomic E-state index is -1.20. The van der Waals surface area contributed by atoms with Crippen molar-refractivity contribution < 1.29 is 38.4 Å². The normalized spacial score (nSPS) is 14.8. The van der Waals surface area contributed by atoms with Gasteiger partial charge in [-0.15, -0.1) is 0 Å². The highest BCUT2D eigenvalue weighted by molar-refractivity contribution is 6.32. The lowest BCUT2D eigenvalue weighted by molar-refractivity contribution is -0.136. The minimum absolute atomic E-state index is 0.195. The maximum Gasteiger partial charge on any atom is 0.337 e. The quantitative estimate of drug-likeness (QED) is 0.0842. The lowest BCUT2D eigenvalue weighted by Crippen LogP contribution is -2.45. The Morgan fingerprint density at radius 2 is 1.87 bits per heavy atom. The zero-order chi connectivity index (χ0) is 33.9. The van der Waals surface area contributed by atoms with Gasteiger partial charge in [-0.25, -0.2) is 9.59 Å². The number of carbonyl (C=O) groups is 2. The third-order valence-corrected chi connectivity index (χ3v) is 7.11. The third kappa shape index (κ3) is 8.84. The molecule has 14 heteroatoms. The van der Waals surface area contributed by atoms with Crippen LogP contribution in [0.15, 0.2) is 71.0 Å². The second-order valence-corrected chi connectivity index (χ2v) is 10.5. The number of rotatable bonds is 14. The summed E-state index contributed by atoms with van der Waals surface area (Å²) in [6.45, 7) is 3.75. The van der Waals surface area contributed by atoms with Gasteiger partial charge in [0.1, 0.15) is 13.2 Å². The number of methoxy groups -OCH3 is 2. The molecule has 0 bridgehead atoms. The first-order valence-corrected chi connectivity index (χ1v) is 14.8. The van der Waals surface area contributed by atoms with E-state index in [0.29, 0.717) is 57.0 Å². The van der Waals surface area contributed by atoms with Crippen molar-refractivity contribution in [1.82, 2.24) is 16.1 Å². The van der Waals surface area contributed by atoms with Crippen LogP contribution in [-0.2, 0) is 16.1 Å². The molecule has 0 saturated carbocycles. The Bertz CT molecular complexity index is 1700. The van der Waals surface area contributed by atoms with Gasteiger partial charge in [-0.05, 0) is 66.9 Å². The summed E-state index contributed by atoms with van der Waals surface area (Å²) in [7, 11) is 2.75. The van der Waals surface area contributed by atoms with Gasteiger partial charge in [0.25, 0.3) is 0 Å². The van der Waals surface area contributed by atoms with E-state index in [1.807, 2.05) is 0 Å². The van der Waals surface area contributed by atoms with Crippen molar-refractivity contribution in [2.24, 2.45) is 5.10 Å². The number of halogens is 1. The summed E-state index contributed by atoms with van der Waals surface area (Å²) >= 11 is 6.47. The van der Waals surface area contributed by atoms with Crippen LogP contribution in [0.1, 0.15) is 42.1 Å². The summed E-state index contributed by atoms with van der Waals surface area (Å²) < 4.78 is 27.8. The molecule has 1 aliphatic rings. The lowest BCUT2D eigenvalue weighted by atomic mass is 9.95. The first kappa shape index (κ1) is 34.4. The second kappa shape index (κ2) is 16.2. The number of nitrogens with one attached hydrogen (secondary N) is 3. The Balaban J connectivity index is 1.38. The van der Waals surface area contributed by atoms with Gasteiger partial charge in [-0.2, -0.15) is 10.4 Å². The molecule has 1 heterocycles. The number of hydrazone groups is 1. The molecule has 0 unspecified atom stereocenters. The summed E-state index contributed by atoms with van der Waals surface area (Å²) in [5, 5.41) is 29.1. The van der Waals surface area contributed by atoms with Crippen molar-refractivity contribution in [1.29, 1.82) is 5.26 Å². The van der Waals surface area contributed by atoms with E-state index in [1.165, 1.54) is 20.4 Å². The fourth-order valence-electron chi connectivity index (χ4n) is 4.61. The van der Waals surface area contributed by atoms with Crippen molar-refractivity contribution in [2.75, 3.05) is 27.4 Å². The van der Waals surface area contributed by atoms with Crippen molar-refractivity contribution in [3.8, 4) is 29.1 Å². The third-order valence-electron chi connectivity index (χ3n) is 6.83. The Labute approximate surface area is 276 Å². The Hall–Kier alpha value is -5.45. The number of nitriles is 1. The van der Waals surface area contributed by atoms with E-state index in [2.05, 4.69) is 27.2 Å². The van der Waals surface area contributed by atoms with Crippen LogP contribution in [0.25, 0.3) is 0 Å². The van der Waals surface area contributed by atoms with Crippen LogP contribution in [0.5, 0.6) is 23.0 Å². The number of nitrogens with zero attached hydrogens (tertiary/aromatic N) is 2. The molecule has 246 valence electrons. The zero-order valence-corrected chi connectivity index (χ0v) is 26.9. The Morgan fingerprint density at radius 3 is 2.55 bits per heavy atom. The number of allylic oxidation sites excluding steroid dienone is 1. The number of esters is 1. The van der Waals surface area contributed by atoms with Crippen molar-refractivity contribution in [2.45, 2.75) is 32.7 Å². The van der Waals surface area contributed by atoms with Gasteiger partial charge in [-0.3, -0.25) is 5.43 Å². The maximum absolute atomic E-state index is 12.5. The van der Waals surface area contributed by atoms with Gasteiger partial charge in [-0.1, -0.05) is 29.8 Å². The van der Waals surface area contributed by atoms with E-state index in [9.17, 15) is 14.7 Å². The molecule has 3 aromatic carbocycles. The predicted molar refractivity (Wildman–Crippen MR) is 172 cm³/mol. The topological polar surface area (TPSA) is 173 Å². The monoisotopic (exact) mass is 663 g/mol. The molecule has 4 rings (SSSR count). The molecule has 0 radical (unpaired) electrons. The van der Waals surface area contributed by atoms with E-state index in [-0.39, 0.29) is 18.8 Å². The lowest BCUT2D eigenvalue weighted by Gasteiger charge is -2.28. The molecule has 0 aromatic heterocycles. The van der Waals surface area contributed by atoms with Crippen LogP contribution in [0.2, 0.25) is 5.02 Å². The molecular formula is C33H34ClN5O8. The minimum Gasteiger partial charge on any atom is -0.493 e. The van der Waals surface area contributed by atoms with Crippen LogP contribution >= 0.6 is 11.6 Å². The highest BCUT2D eigenvalue weighted by Crippen LogP contribution is 2.37. The summed E-state index contributed by atoms with van der Waals surface area (Å²) in [5.74, 6) is 0.825. The van der Waals surface area contributed by atoms with Gasteiger partial charge in [0.05, 0.1) is 55.3 Å². The number of hydrogen-bond donors (Lipinski definition) is 4. The van der Waals surface area contributed by atoms with Gasteiger partial charge in [0, 0.05) is 5.70 Å². The van der Waals surface area contributed by atoms with E-state index in [4.69, 9.17) is 40.5 Å². The fraction of sp³-hybridized carbons (Fsp3) is 0.273. The first-order valence-electron chi connectivity index (χ1n) is 14.4. The molecule has 3 aromatic rings. The molecule has 0 saturated heterocycles. The molecule has 0 fully saturated rings. The summed E-state index contributed by atoms with van der Waals surface area (Å²) in [5.41, 5.74) is 5.77. The van der Waals surface area contributed by atoms with Crippen LogP contribution in [0, 0.1) is 11.3 Å². The summed E-state index contributed by atoms with van der Waals surface area (Å²) in [6, 6.07) is 16.1. The Kier molecular flexibility index (Phi) is 11.9. The van der Waals surface area contributed by atoms with E-state index >= 15 is 0 Å². The standard InChI is InChI=1S/C33H34ClN5O8/c1-5-45-26-14-23(30-29(32(41)44-4)19(2)37-33(42)38-30)10-11-25(26)46-18-28(40)39-36-16-22-12-24(34)31(27(13-22)43-3)47-17-21-8-6-20(15-35)7-9-21/h6-14,16,28,30,39-40H,5,17-18H2,1-4H3,(H2,37,38,42)/b36-16+/t28-,30-/m0/s1. The summed E-state index contributed by atoms with van der Waals surface area (Å²) in [6.07, 6.45) is 0.248. The van der Waals surface area contributed by atoms with Gasteiger partial charge in [0.2, 0.25) is 0 Å². The first-order chi connectivity index (χ1) is 22.7. The number of aliphatic hydroxyl groups is 1. The van der Waals surface area contributed by atoms with Crippen molar-refractivity contribution >= 4 is 29.8 Å². The molecule has 0 spiro atoms. The molecular weight excluding hydrogens is 630 g/mol. The van der Waals surface area contributed by atoms with Crippen molar-refractivity contribution in [3.63, 3.8) is 0 Å². The molecule has 1 aliphatic heterocycles. The molecule has 2 atom stereocenters. The van der Waals surface area contributed by atoms with Gasteiger partial charge in [0.15, 0.2) is 29.2 Å². The number of amides is 2. The molecule has 2 amide bonds. The second-order valence-electron chi connectivity index (χ2n) is 10.0. The highest BCUT2D eigenvalue weighted by atomic mass is 35.5. The van der Waals surface area contributed by atoms with E-state index in [0.717, 1.165) is 5.56 Å². The number of carbonyl (C=O) groups excluding carboxylic acids is 2. The van der Waals surface area contributed by atoms with E-state index < -0.39 is 24.3 Å². The largest absolute Gasteiger partial charge is 0.493 e. The summed E-state index contributed by atoms with van der Waals surface area (Å²) in [4.78, 5) is 24.6. The number of urea groups is 1. The van der Waals surface area contributed by atoms with Crippen LogP contribution in [-0.4, -0.2) is 57.0 Å². The SMILES string of the molecule is CCOc1cc([C@@H]2NC(=O)NC(C)=C2C(=O)OC)ccc1OC[C@H](O)N/N=C/c1cc(Cl)c(OCc2ccc(C#N)cc2)c(OC)c1. The zero-order valence-electron chi connectivity index (χ0n) is 26.1. The molecule has 47 heavy (non-hydrogen) atoms. The number of benzene rings is 3. The van der Waals surface area contributed by atoms with Crippen LogP contribution in [0.3, 0.4) is 0 Å². The Morgan fingerprint density at radius 1 is 1.11 bits per heavy atom. The number of aliphatic hydroxyl groups excluding tert-OH is 1. The maximum atomic E-state index is 12.5. The predicted octanol–water partition coefficient (Wildman–Crippen LogP) is 4.32. The van der Waals surface area contributed by atoms with Crippen LogP contribution in [0.4, 0.5) is 4.79 Å². The van der Waals surface area contributed by atoms with Gasteiger partial charge >= 0.3 is 12.0 Å². The average Bonchev–Trinajstić information content (AvgIpc) is 3.06. The van der Waals surface area contributed by atoms with Crippen LogP contribution < -0.4 is 35.0 Å².